The number of allylic oxidation sites excluding steroid dienone is 1. The molecule has 0 aromatic carbocycles. The normalized spacial score (nSPS) is 25.1. The third-order valence-corrected chi connectivity index (χ3v) is 10.1. The van der Waals surface area contributed by atoms with Crippen LogP contribution in [-0.4, -0.2) is 57.9 Å². The molecule has 2 N–H and O–H groups in total. The molecule has 2 aromatic heterocycles. The minimum Gasteiger partial charge on any atom is -0.477 e. The van der Waals surface area contributed by atoms with Gasteiger partial charge in [-0.2, -0.15) is 13.2 Å². The second-order valence-electron chi connectivity index (χ2n) is 12.7. The Kier molecular flexibility index (Phi) is 8.60. The fourth-order valence-corrected chi connectivity index (χ4v) is 7.44. The smallest absolute Gasteiger partial charge is 0.394 e. The van der Waals surface area contributed by atoms with Gasteiger partial charge in [0.1, 0.15) is 11.7 Å². The van der Waals surface area contributed by atoms with Gasteiger partial charge >= 0.3 is 6.18 Å². The van der Waals surface area contributed by atoms with Gasteiger partial charge in [0, 0.05) is 49.3 Å². The van der Waals surface area contributed by atoms with Crippen LogP contribution in [0.15, 0.2) is 40.5 Å². The Morgan fingerprint density at radius 2 is 2.05 bits per heavy atom. The highest BCUT2D eigenvalue weighted by molar-refractivity contribution is 8.01. The maximum Gasteiger partial charge on any atom is 0.394 e. The molecule has 0 radical (unpaired) electrons. The van der Waals surface area contributed by atoms with E-state index in [2.05, 4.69) is 40.0 Å². The molecule has 6 rings (SSSR count). The van der Waals surface area contributed by atoms with Gasteiger partial charge in [-0.05, 0) is 76.3 Å². The topological polar surface area (TPSA) is 96.7 Å². The van der Waals surface area contributed by atoms with Crippen molar-refractivity contribution >= 4 is 29.5 Å². The summed E-state index contributed by atoms with van der Waals surface area (Å²) in [5, 5.41) is 8.66. The highest BCUT2D eigenvalue weighted by Crippen LogP contribution is 2.59. The lowest BCUT2D eigenvalue weighted by atomic mass is 9.88. The number of amidine groups is 1. The van der Waals surface area contributed by atoms with Gasteiger partial charge in [0.25, 0.3) is 5.91 Å². The predicted molar refractivity (Wildman–Crippen MR) is 165 cm³/mol. The molecule has 2 fully saturated rings. The molecule has 0 spiro atoms. The van der Waals surface area contributed by atoms with Gasteiger partial charge in [0.2, 0.25) is 5.88 Å². The number of aromatic nitrogens is 3. The molecular formula is C31H40F3N7O2S. The third kappa shape index (κ3) is 6.43. The van der Waals surface area contributed by atoms with Crippen molar-refractivity contribution < 1.29 is 22.7 Å². The van der Waals surface area contributed by atoms with Gasteiger partial charge in [0.05, 0.1) is 22.6 Å². The summed E-state index contributed by atoms with van der Waals surface area (Å²) in [6, 6.07) is 5.15. The molecule has 13 heteroatoms. The number of halogens is 3. The predicted octanol–water partition coefficient (Wildman–Crippen LogP) is 6.56. The zero-order valence-electron chi connectivity index (χ0n) is 25.3. The van der Waals surface area contributed by atoms with Crippen LogP contribution in [0.2, 0.25) is 0 Å². The summed E-state index contributed by atoms with van der Waals surface area (Å²) in [6.07, 6.45) is 6.50. The van der Waals surface area contributed by atoms with Crippen LogP contribution in [0.3, 0.4) is 0 Å². The lowest BCUT2D eigenvalue weighted by molar-refractivity contribution is -0.190. The molecule has 1 amide bonds. The maximum atomic E-state index is 13.7. The van der Waals surface area contributed by atoms with E-state index in [0.717, 1.165) is 68.9 Å². The lowest BCUT2D eigenvalue weighted by Crippen LogP contribution is -2.43. The van der Waals surface area contributed by atoms with Crippen LogP contribution >= 0.6 is 11.9 Å². The Morgan fingerprint density at radius 1 is 1.20 bits per heavy atom. The molecule has 5 heterocycles. The van der Waals surface area contributed by atoms with Crippen molar-refractivity contribution in [3.8, 4) is 11.7 Å². The van der Waals surface area contributed by atoms with Crippen LogP contribution in [-0.2, 0) is 0 Å². The van der Waals surface area contributed by atoms with Crippen LogP contribution in [0.5, 0.6) is 5.88 Å². The summed E-state index contributed by atoms with van der Waals surface area (Å²) in [7, 11) is 0. The zero-order valence-corrected chi connectivity index (χ0v) is 26.1. The first-order valence-electron chi connectivity index (χ1n) is 15.6. The summed E-state index contributed by atoms with van der Waals surface area (Å²) in [6.45, 7) is 5.94. The number of anilines is 1. The quantitative estimate of drug-likeness (QED) is 0.334. The Bertz CT molecular complexity index is 1440. The molecule has 2 aromatic rings. The number of nitrogens with one attached hydrogen (secondary N) is 2. The van der Waals surface area contributed by atoms with Gasteiger partial charge in [0.15, 0.2) is 5.82 Å². The zero-order chi connectivity index (χ0) is 31.0. The van der Waals surface area contributed by atoms with Crippen LogP contribution in [0.25, 0.3) is 5.82 Å². The number of hydrogen-bond donors (Lipinski definition) is 2. The van der Waals surface area contributed by atoms with Crippen LogP contribution in [0.1, 0.15) is 88.4 Å². The highest BCUT2D eigenvalue weighted by Gasteiger charge is 2.62. The molecule has 2 unspecified atom stereocenters. The van der Waals surface area contributed by atoms with Gasteiger partial charge in [-0.25, -0.2) is 9.67 Å². The van der Waals surface area contributed by atoms with Gasteiger partial charge < -0.3 is 15.0 Å². The summed E-state index contributed by atoms with van der Waals surface area (Å²) in [5.41, 5.74) is -1.31. The first kappa shape index (κ1) is 30.8. The molecular weight excluding hydrogens is 591 g/mol. The summed E-state index contributed by atoms with van der Waals surface area (Å²) in [4.78, 5) is 25.8. The number of hydrogen-bond acceptors (Lipinski definition) is 8. The number of amides is 1. The van der Waals surface area contributed by atoms with E-state index in [1.807, 2.05) is 0 Å². The van der Waals surface area contributed by atoms with E-state index in [9.17, 15) is 18.0 Å². The first-order valence-corrected chi connectivity index (χ1v) is 16.4. The lowest BCUT2D eigenvalue weighted by Gasteiger charge is -2.37. The number of carbonyl (C=O) groups is 1. The molecule has 1 saturated carbocycles. The van der Waals surface area contributed by atoms with Crippen LogP contribution < -0.4 is 19.7 Å². The fourth-order valence-electron chi connectivity index (χ4n) is 6.76. The molecule has 9 nitrogen and oxygen atoms in total. The van der Waals surface area contributed by atoms with Crippen molar-refractivity contribution in [3.05, 3.63) is 41.1 Å². The van der Waals surface area contributed by atoms with Crippen molar-refractivity contribution in [2.75, 3.05) is 24.6 Å². The van der Waals surface area contributed by atoms with Gasteiger partial charge in [-0.1, -0.05) is 19.4 Å². The van der Waals surface area contributed by atoms with E-state index in [4.69, 9.17) is 14.7 Å². The molecule has 1 aliphatic carbocycles. The third-order valence-electron chi connectivity index (χ3n) is 9.36. The molecule has 1 saturated heterocycles. The van der Waals surface area contributed by atoms with E-state index in [0.29, 0.717) is 23.1 Å². The average Bonchev–Trinajstić information content (AvgIpc) is 3.53. The molecule has 4 aliphatic rings. The van der Waals surface area contributed by atoms with Crippen molar-refractivity contribution in [3.63, 3.8) is 0 Å². The minimum absolute atomic E-state index is 0.0612. The van der Waals surface area contributed by atoms with Crippen molar-refractivity contribution in [2.24, 2.45) is 16.3 Å². The van der Waals surface area contributed by atoms with E-state index in [1.54, 1.807) is 29.1 Å². The SMILES string of the molecule is CCCC1(C)CC2CCCN=C3CCC=C(N3)SNC(=O)c3ccc(-n4ccc(OCCC5(C(F)(F)F)CC5)n4)nc3N1C2. The number of nitrogens with zero attached hydrogens (tertiary/aromatic N) is 5. The molecule has 2 atom stereocenters. The standard InChI is InChI=1S/C31H40F3N7O2S/c1-3-12-29(2)19-21-6-5-16-35-23-7-4-8-26(36-23)44-39-28(42)22-9-10-24(37-27(22)40(29)20-21)41-17-11-25(38-41)43-18-15-30(13-14-30)31(32,33)34/h8-11,17,21H,3-7,12-16,18-20H2,1-2H3,(H,35,36)(H,39,42). The number of carbonyl (C=O) groups excluding carboxylic acids is 1. The van der Waals surface area contributed by atoms with Crippen molar-refractivity contribution in [2.45, 2.75) is 89.8 Å². The van der Waals surface area contributed by atoms with E-state index in [-0.39, 0.29) is 43.2 Å². The number of rotatable bonds is 7. The summed E-state index contributed by atoms with van der Waals surface area (Å²) in [5.74, 6) is 2.51. The van der Waals surface area contributed by atoms with Gasteiger partial charge in [-0.3, -0.25) is 14.5 Å². The number of fused-ring (bicyclic) bond motifs is 6. The number of alkyl halides is 3. The van der Waals surface area contributed by atoms with E-state index in [1.165, 1.54) is 11.9 Å². The molecule has 3 aliphatic heterocycles. The molecule has 4 bridgehead atoms. The van der Waals surface area contributed by atoms with Crippen LogP contribution in [0.4, 0.5) is 19.0 Å². The van der Waals surface area contributed by atoms with Gasteiger partial charge in [-0.15, -0.1) is 5.10 Å². The number of pyridine rings is 1. The van der Waals surface area contributed by atoms with Crippen molar-refractivity contribution in [1.29, 1.82) is 0 Å². The highest BCUT2D eigenvalue weighted by atomic mass is 32.2. The summed E-state index contributed by atoms with van der Waals surface area (Å²) < 4.78 is 50.1. The number of ether oxygens (including phenoxy) is 1. The largest absolute Gasteiger partial charge is 0.477 e. The van der Waals surface area contributed by atoms with Crippen molar-refractivity contribution in [1.82, 2.24) is 24.8 Å². The second-order valence-corrected chi connectivity index (χ2v) is 13.5. The maximum absolute atomic E-state index is 13.7. The fraction of sp³-hybridized carbons (Fsp3) is 0.613. The first-order chi connectivity index (χ1) is 21.1. The molecule has 238 valence electrons. The Balaban J connectivity index is 1.27. The Hall–Kier alpha value is -3.22. The Morgan fingerprint density at radius 3 is 2.82 bits per heavy atom. The number of aliphatic imine (C=N–C) groups is 1. The monoisotopic (exact) mass is 631 g/mol. The van der Waals surface area contributed by atoms with Crippen LogP contribution in [0, 0.1) is 11.3 Å². The second kappa shape index (κ2) is 12.3. The molecule has 44 heavy (non-hydrogen) atoms. The average molecular weight is 632 g/mol. The van der Waals surface area contributed by atoms with E-state index >= 15 is 0 Å². The van der Waals surface area contributed by atoms with E-state index < -0.39 is 11.6 Å². The minimum atomic E-state index is -4.21. The Labute approximate surface area is 260 Å². The summed E-state index contributed by atoms with van der Waals surface area (Å²) >= 11 is 1.25.